The van der Waals surface area contributed by atoms with Crippen LogP contribution in [0.5, 0.6) is 5.75 Å². The Morgan fingerprint density at radius 2 is 1.84 bits per heavy atom. The van der Waals surface area contributed by atoms with E-state index < -0.39 is 17.7 Å². The van der Waals surface area contributed by atoms with Crippen molar-refractivity contribution in [3.05, 3.63) is 71.4 Å². The fourth-order valence-corrected chi connectivity index (χ4v) is 3.96. The summed E-state index contributed by atoms with van der Waals surface area (Å²) in [6.07, 6.45) is 1.66. The van der Waals surface area contributed by atoms with Gasteiger partial charge in [-0.25, -0.2) is 0 Å². The molecule has 2 aromatic carbocycles. The van der Waals surface area contributed by atoms with E-state index in [4.69, 9.17) is 4.74 Å². The number of likely N-dealkylation sites (tertiary alicyclic amines) is 1. The highest BCUT2D eigenvalue weighted by molar-refractivity contribution is 6.46. The normalized spacial score (nSPS) is 18.3. The number of nitrogens with zero attached hydrogens (tertiary/aromatic N) is 2. The third-order valence-electron chi connectivity index (χ3n) is 5.60. The summed E-state index contributed by atoms with van der Waals surface area (Å²) in [7, 11) is 5.39. The molecule has 7 heteroatoms. The van der Waals surface area contributed by atoms with Gasteiger partial charge in [0.05, 0.1) is 18.7 Å². The molecule has 1 aromatic heterocycles. The van der Waals surface area contributed by atoms with Crippen molar-refractivity contribution in [3.63, 3.8) is 0 Å². The third-order valence-corrected chi connectivity index (χ3v) is 5.60. The Kier molecular flexibility index (Phi) is 5.52. The van der Waals surface area contributed by atoms with E-state index in [1.54, 1.807) is 25.4 Å². The van der Waals surface area contributed by atoms with Gasteiger partial charge in [0.1, 0.15) is 11.5 Å². The van der Waals surface area contributed by atoms with E-state index in [9.17, 15) is 14.7 Å². The van der Waals surface area contributed by atoms with Gasteiger partial charge in [-0.2, -0.15) is 0 Å². The molecule has 1 aliphatic heterocycles. The van der Waals surface area contributed by atoms with E-state index >= 15 is 0 Å². The molecule has 1 fully saturated rings. The fourth-order valence-electron chi connectivity index (χ4n) is 3.96. The largest absolute Gasteiger partial charge is 0.507 e. The second-order valence-electron chi connectivity index (χ2n) is 7.82. The quantitative estimate of drug-likeness (QED) is 0.364. The smallest absolute Gasteiger partial charge is 0.295 e. The lowest BCUT2D eigenvalue weighted by Crippen LogP contribution is -2.35. The highest BCUT2D eigenvalue weighted by Crippen LogP contribution is 2.40. The molecular formula is C24H25N3O4. The molecule has 31 heavy (non-hydrogen) atoms. The Morgan fingerprint density at radius 3 is 2.52 bits per heavy atom. The van der Waals surface area contributed by atoms with Crippen molar-refractivity contribution in [2.24, 2.45) is 0 Å². The average molecular weight is 419 g/mol. The number of aromatic amines is 1. The summed E-state index contributed by atoms with van der Waals surface area (Å²) in [5, 5.41) is 12.0. The molecule has 1 saturated heterocycles. The molecule has 3 aromatic rings. The molecule has 0 bridgehead atoms. The predicted molar refractivity (Wildman–Crippen MR) is 119 cm³/mol. The van der Waals surface area contributed by atoms with Gasteiger partial charge in [-0.15, -0.1) is 0 Å². The first kappa shape index (κ1) is 20.7. The van der Waals surface area contributed by atoms with Crippen LogP contribution < -0.4 is 4.74 Å². The number of hydrogen-bond acceptors (Lipinski definition) is 5. The number of ether oxygens (including phenoxy) is 1. The number of rotatable bonds is 6. The first-order valence-electron chi connectivity index (χ1n) is 10.1. The van der Waals surface area contributed by atoms with Crippen LogP contribution in [-0.4, -0.2) is 65.9 Å². The minimum absolute atomic E-state index is 0.0960. The molecule has 160 valence electrons. The van der Waals surface area contributed by atoms with E-state index in [0.29, 0.717) is 24.4 Å². The Balaban J connectivity index is 1.87. The lowest BCUT2D eigenvalue weighted by molar-refractivity contribution is -0.140. The third kappa shape index (κ3) is 3.68. The highest BCUT2D eigenvalue weighted by Gasteiger charge is 2.46. The highest BCUT2D eigenvalue weighted by atomic mass is 16.5. The van der Waals surface area contributed by atoms with Crippen LogP contribution in [0.4, 0.5) is 0 Å². The maximum Gasteiger partial charge on any atom is 0.295 e. The number of Topliss-reactive ketones (excluding diaryl/α,β-unsaturated/α-hetero) is 1. The van der Waals surface area contributed by atoms with Crippen LogP contribution in [0.1, 0.15) is 17.2 Å². The number of para-hydroxylation sites is 1. The van der Waals surface area contributed by atoms with Crippen LogP contribution in [0.3, 0.4) is 0 Å². The number of aromatic nitrogens is 1. The van der Waals surface area contributed by atoms with Gasteiger partial charge in [-0.3, -0.25) is 9.59 Å². The summed E-state index contributed by atoms with van der Waals surface area (Å²) in [6, 6.07) is 14.0. The zero-order chi connectivity index (χ0) is 22.1. The van der Waals surface area contributed by atoms with Crippen molar-refractivity contribution in [2.45, 2.75) is 6.04 Å². The summed E-state index contributed by atoms with van der Waals surface area (Å²) in [5.74, 6) is -0.791. The second-order valence-corrected chi connectivity index (χ2v) is 7.82. The molecule has 4 rings (SSSR count). The first-order valence-corrected chi connectivity index (χ1v) is 10.1. The number of carbonyl (C=O) groups is 2. The summed E-state index contributed by atoms with van der Waals surface area (Å²) >= 11 is 0. The number of hydrogen-bond donors (Lipinski definition) is 2. The Labute approximate surface area is 180 Å². The molecule has 0 unspecified atom stereocenters. The molecule has 7 nitrogen and oxygen atoms in total. The van der Waals surface area contributed by atoms with Gasteiger partial charge < -0.3 is 24.6 Å². The average Bonchev–Trinajstić information content (AvgIpc) is 3.31. The van der Waals surface area contributed by atoms with Crippen molar-refractivity contribution in [1.29, 1.82) is 0 Å². The number of aliphatic hydroxyl groups excluding tert-OH is 1. The van der Waals surface area contributed by atoms with Crippen molar-refractivity contribution in [1.82, 2.24) is 14.8 Å². The van der Waals surface area contributed by atoms with E-state index in [1.165, 1.54) is 4.90 Å². The maximum absolute atomic E-state index is 13.1. The molecular weight excluding hydrogens is 394 g/mol. The van der Waals surface area contributed by atoms with Gasteiger partial charge in [0.25, 0.3) is 11.7 Å². The molecule has 0 spiro atoms. The van der Waals surface area contributed by atoms with Crippen LogP contribution in [0.15, 0.2) is 60.3 Å². The summed E-state index contributed by atoms with van der Waals surface area (Å²) < 4.78 is 5.24. The number of likely N-dealkylation sites (N-methyl/N-ethyl adjacent to an activating group) is 1. The molecule has 1 amide bonds. The number of fused-ring (bicyclic) bond motifs is 1. The van der Waals surface area contributed by atoms with E-state index in [2.05, 4.69) is 4.98 Å². The molecule has 1 atom stereocenters. The van der Waals surface area contributed by atoms with Crippen molar-refractivity contribution < 1.29 is 19.4 Å². The van der Waals surface area contributed by atoms with Gasteiger partial charge >= 0.3 is 0 Å². The Bertz CT molecular complexity index is 1160. The fraction of sp³-hybridized carbons (Fsp3) is 0.250. The lowest BCUT2D eigenvalue weighted by Gasteiger charge is -2.26. The molecule has 1 aliphatic rings. The van der Waals surface area contributed by atoms with Crippen molar-refractivity contribution in [2.75, 3.05) is 34.3 Å². The number of nitrogens with one attached hydrogen (secondary N) is 1. The van der Waals surface area contributed by atoms with Crippen LogP contribution in [0, 0.1) is 0 Å². The van der Waals surface area contributed by atoms with Gasteiger partial charge in [-0.05, 0) is 37.9 Å². The number of benzene rings is 2. The van der Waals surface area contributed by atoms with Crippen LogP contribution >= 0.6 is 0 Å². The number of aliphatic hydroxyl groups is 1. The number of H-pyrrole nitrogens is 1. The Hall–Kier alpha value is -3.58. The van der Waals surface area contributed by atoms with Gasteiger partial charge in [-0.1, -0.05) is 30.3 Å². The lowest BCUT2D eigenvalue weighted by atomic mass is 9.95. The summed E-state index contributed by atoms with van der Waals surface area (Å²) in [6.45, 7) is 0.950. The van der Waals surface area contributed by atoms with Crippen molar-refractivity contribution >= 4 is 28.4 Å². The van der Waals surface area contributed by atoms with Gasteiger partial charge in [0, 0.05) is 35.8 Å². The summed E-state index contributed by atoms with van der Waals surface area (Å²) in [5.41, 5.74) is 2.17. The maximum atomic E-state index is 13.1. The standard InChI is InChI=1S/C24H25N3O4/c1-26(2)12-13-27-21(15-8-10-16(31-3)11-9-15)20(23(29)24(27)30)22(28)18-14-25-19-7-5-4-6-17(18)19/h4-11,14,21,25,28H,12-13H2,1-3H3/b22-20+/t21-/m1/s1. The topological polar surface area (TPSA) is 85.9 Å². The minimum atomic E-state index is -0.681. The minimum Gasteiger partial charge on any atom is -0.507 e. The van der Waals surface area contributed by atoms with Crippen molar-refractivity contribution in [3.8, 4) is 5.75 Å². The zero-order valence-corrected chi connectivity index (χ0v) is 17.8. The van der Waals surface area contributed by atoms with E-state index in [1.807, 2.05) is 55.4 Å². The van der Waals surface area contributed by atoms with Gasteiger partial charge in [0.2, 0.25) is 0 Å². The molecule has 0 aliphatic carbocycles. The number of amides is 1. The van der Waals surface area contributed by atoms with E-state index in [-0.39, 0.29) is 11.3 Å². The zero-order valence-electron chi connectivity index (χ0n) is 17.8. The van der Waals surface area contributed by atoms with Crippen LogP contribution in [0.25, 0.3) is 16.7 Å². The molecule has 2 heterocycles. The SMILES string of the molecule is COc1ccc([C@@H]2/C(=C(\O)c3c[nH]c4ccccc34)C(=O)C(=O)N2CCN(C)C)cc1. The predicted octanol–water partition coefficient (Wildman–Crippen LogP) is 3.16. The van der Waals surface area contributed by atoms with Gasteiger partial charge in [0.15, 0.2) is 0 Å². The molecule has 0 radical (unpaired) electrons. The molecule has 0 saturated carbocycles. The van der Waals surface area contributed by atoms with E-state index in [0.717, 1.165) is 16.5 Å². The number of carbonyl (C=O) groups excluding carboxylic acids is 2. The number of ketones is 1. The number of methoxy groups -OCH3 is 1. The second kappa shape index (κ2) is 8.28. The first-order chi connectivity index (χ1) is 14.9. The van der Waals surface area contributed by atoms with Crippen LogP contribution in [-0.2, 0) is 9.59 Å². The Morgan fingerprint density at radius 1 is 1.13 bits per heavy atom. The summed E-state index contributed by atoms with van der Waals surface area (Å²) in [4.78, 5) is 32.6. The molecule has 2 N–H and O–H groups in total. The monoisotopic (exact) mass is 419 g/mol. The van der Waals surface area contributed by atoms with Crippen LogP contribution in [0.2, 0.25) is 0 Å².